The van der Waals surface area contributed by atoms with Gasteiger partial charge in [0.1, 0.15) is 0 Å². The summed E-state index contributed by atoms with van der Waals surface area (Å²) in [6.45, 7) is 6.84. The molecule has 0 radical (unpaired) electrons. The van der Waals surface area contributed by atoms with Crippen LogP contribution < -0.4 is 5.32 Å². The topological polar surface area (TPSA) is 29.1 Å². The maximum atomic E-state index is 12.4. The van der Waals surface area contributed by atoms with Gasteiger partial charge >= 0.3 is 0 Å². The zero-order chi connectivity index (χ0) is 14.8. The van der Waals surface area contributed by atoms with Crippen molar-refractivity contribution in [1.82, 2.24) is 5.32 Å². The Hall–Kier alpha value is -0.830. The molecule has 1 aromatic carbocycles. The molecule has 0 aliphatic heterocycles. The zero-order valence-electron chi connectivity index (χ0n) is 12.6. The molecule has 1 amide bonds. The second kappa shape index (κ2) is 6.30. The van der Waals surface area contributed by atoms with E-state index in [2.05, 4.69) is 42.0 Å². The summed E-state index contributed by atoms with van der Waals surface area (Å²) >= 11 is 3.42. The number of rotatable bonds is 2. The predicted octanol–water partition coefficient (Wildman–Crippen LogP) is 4.78. The molecule has 0 aromatic heterocycles. The first-order valence-electron chi connectivity index (χ1n) is 7.44. The SMILES string of the molecule is CC(C)(C)C1CCCCC1NC(=O)c1cccc(Br)c1. The van der Waals surface area contributed by atoms with Crippen molar-refractivity contribution in [3.63, 3.8) is 0 Å². The molecule has 2 rings (SSSR count). The first kappa shape index (κ1) is 15.6. The number of benzene rings is 1. The van der Waals surface area contributed by atoms with Crippen LogP contribution in [0, 0.1) is 11.3 Å². The minimum Gasteiger partial charge on any atom is -0.349 e. The molecule has 2 nitrogen and oxygen atoms in total. The van der Waals surface area contributed by atoms with Crippen molar-refractivity contribution in [2.24, 2.45) is 11.3 Å². The first-order chi connectivity index (χ1) is 9.38. The summed E-state index contributed by atoms with van der Waals surface area (Å²) in [5.41, 5.74) is 0.980. The van der Waals surface area contributed by atoms with Gasteiger partial charge in [0.25, 0.3) is 5.91 Å². The van der Waals surface area contributed by atoms with Crippen molar-refractivity contribution < 1.29 is 4.79 Å². The van der Waals surface area contributed by atoms with Gasteiger partial charge in [-0.2, -0.15) is 0 Å². The normalized spacial score (nSPS) is 23.4. The molecule has 0 heterocycles. The molecular weight excluding hydrogens is 314 g/mol. The van der Waals surface area contributed by atoms with Gasteiger partial charge in [0.15, 0.2) is 0 Å². The fourth-order valence-corrected chi connectivity index (χ4v) is 3.62. The Bertz CT molecular complexity index is 478. The molecule has 1 N–H and O–H groups in total. The highest BCUT2D eigenvalue weighted by Gasteiger charge is 2.34. The van der Waals surface area contributed by atoms with Gasteiger partial charge in [0.05, 0.1) is 0 Å². The Morgan fingerprint density at radius 3 is 2.60 bits per heavy atom. The Kier molecular flexibility index (Phi) is 4.90. The molecule has 3 heteroatoms. The van der Waals surface area contributed by atoms with Gasteiger partial charge in [0, 0.05) is 16.1 Å². The van der Waals surface area contributed by atoms with E-state index in [1.807, 2.05) is 24.3 Å². The van der Waals surface area contributed by atoms with Gasteiger partial charge in [0.2, 0.25) is 0 Å². The molecule has 2 atom stereocenters. The highest BCUT2D eigenvalue weighted by Crippen LogP contribution is 2.38. The molecule has 0 saturated heterocycles. The third-order valence-electron chi connectivity index (χ3n) is 4.28. The van der Waals surface area contributed by atoms with Crippen molar-refractivity contribution in [1.29, 1.82) is 0 Å². The lowest BCUT2D eigenvalue weighted by Crippen LogP contribution is -2.46. The summed E-state index contributed by atoms with van der Waals surface area (Å²) in [6.07, 6.45) is 4.82. The van der Waals surface area contributed by atoms with Crippen LogP contribution in [0.2, 0.25) is 0 Å². The Morgan fingerprint density at radius 1 is 1.25 bits per heavy atom. The first-order valence-corrected chi connectivity index (χ1v) is 8.23. The van der Waals surface area contributed by atoms with E-state index >= 15 is 0 Å². The summed E-state index contributed by atoms with van der Waals surface area (Å²) in [4.78, 5) is 12.4. The van der Waals surface area contributed by atoms with E-state index in [0.717, 1.165) is 16.5 Å². The average Bonchev–Trinajstić information content (AvgIpc) is 2.38. The lowest BCUT2D eigenvalue weighted by molar-refractivity contribution is 0.0830. The van der Waals surface area contributed by atoms with E-state index in [4.69, 9.17) is 0 Å². The summed E-state index contributed by atoms with van der Waals surface area (Å²) in [5.74, 6) is 0.611. The van der Waals surface area contributed by atoms with Crippen molar-refractivity contribution in [2.75, 3.05) is 0 Å². The van der Waals surface area contributed by atoms with Gasteiger partial charge in [-0.05, 0) is 42.4 Å². The van der Waals surface area contributed by atoms with Crippen LogP contribution in [0.25, 0.3) is 0 Å². The molecule has 1 saturated carbocycles. The van der Waals surface area contributed by atoms with Crippen LogP contribution in [0.3, 0.4) is 0 Å². The molecule has 0 bridgehead atoms. The van der Waals surface area contributed by atoms with Crippen LogP contribution in [-0.2, 0) is 0 Å². The van der Waals surface area contributed by atoms with Crippen molar-refractivity contribution in [3.8, 4) is 0 Å². The lowest BCUT2D eigenvalue weighted by atomic mass is 9.69. The van der Waals surface area contributed by atoms with Crippen LogP contribution in [0.1, 0.15) is 56.8 Å². The number of halogens is 1. The maximum absolute atomic E-state index is 12.4. The summed E-state index contributed by atoms with van der Waals surface area (Å²) < 4.78 is 0.946. The molecule has 110 valence electrons. The number of carbonyl (C=O) groups is 1. The Morgan fingerprint density at radius 2 is 1.95 bits per heavy atom. The maximum Gasteiger partial charge on any atom is 0.251 e. The zero-order valence-corrected chi connectivity index (χ0v) is 14.2. The smallest absolute Gasteiger partial charge is 0.251 e. The molecule has 0 spiro atoms. The van der Waals surface area contributed by atoms with E-state index in [-0.39, 0.29) is 11.3 Å². The fraction of sp³-hybridized carbons (Fsp3) is 0.588. The molecule has 1 aliphatic carbocycles. The fourth-order valence-electron chi connectivity index (χ4n) is 3.22. The van der Waals surface area contributed by atoms with Crippen molar-refractivity contribution >= 4 is 21.8 Å². The van der Waals surface area contributed by atoms with Crippen LogP contribution in [0.4, 0.5) is 0 Å². The minimum absolute atomic E-state index is 0.0486. The van der Waals surface area contributed by atoms with Crippen LogP contribution >= 0.6 is 15.9 Å². The number of hydrogen-bond donors (Lipinski definition) is 1. The molecule has 1 aromatic rings. The standard InChI is InChI=1S/C17H24BrNO/c1-17(2,3)14-9-4-5-10-15(14)19-16(20)12-7-6-8-13(18)11-12/h6-8,11,14-15H,4-5,9-10H2,1-3H3,(H,19,20). The van der Waals surface area contributed by atoms with Gasteiger partial charge in [-0.1, -0.05) is 55.6 Å². The van der Waals surface area contributed by atoms with Gasteiger partial charge in [-0.25, -0.2) is 0 Å². The average molecular weight is 338 g/mol. The van der Waals surface area contributed by atoms with Crippen LogP contribution in [0.15, 0.2) is 28.7 Å². The van der Waals surface area contributed by atoms with Gasteiger partial charge < -0.3 is 5.32 Å². The second-order valence-electron chi connectivity index (χ2n) is 6.85. The second-order valence-corrected chi connectivity index (χ2v) is 7.76. The van der Waals surface area contributed by atoms with E-state index in [9.17, 15) is 4.79 Å². The lowest BCUT2D eigenvalue weighted by Gasteiger charge is -2.40. The van der Waals surface area contributed by atoms with Crippen LogP contribution in [0.5, 0.6) is 0 Å². The van der Waals surface area contributed by atoms with Crippen molar-refractivity contribution in [2.45, 2.75) is 52.5 Å². The largest absolute Gasteiger partial charge is 0.349 e. The van der Waals surface area contributed by atoms with Gasteiger partial charge in [-0.3, -0.25) is 4.79 Å². The highest BCUT2D eigenvalue weighted by molar-refractivity contribution is 9.10. The van der Waals surface area contributed by atoms with E-state index in [1.165, 1.54) is 19.3 Å². The van der Waals surface area contributed by atoms with E-state index in [1.54, 1.807) is 0 Å². The minimum atomic E-state index is 0.0486. The molecule has 1 aliphatic rings. The number of hydrogen-bond acceptors (Lipinski definition) is 1. The molecule has 1 fully saturated rings. The number of carbonyl (C=O) groups excluding carboxylic acids is 1. The Labute approximate surface area is 130 Å². The molecule has 2 unspecified atom stereocenters. The number of amides is 1. The third-order valence-corrected chi connectivity index (χ3v) is 4.77. The number of nitrogens with one attached hydrogen (secondary N) is 1. The van der Waals surface area contributed by atoms with E-state index in [0.29, 0.717) is 12.0 Å². The highest BCUT2D eigenvalue weighted by atomic mass is 79.9. The van der Waals surface area contributed by atoms with Gasteiger partial charge in [-0.15, -0.1) is 0 Å². The van der Waals surface area contributed by atoms with Crippen LogP contribution in [-0.4, -0.2) is 11.9 Å². The quantitative estimate of drug-likeness (QED) is 0.826. The summed E-state index contributed by atoms with van der Waals surface area (Å²) in [7, 11) is 0. The van der Waals surface area contributed by atoms with Crippen molar-refractivity contribution in [3.05, 3.63) is 34.3 Å². The molecule has 20 heavy (non-hydrogen) atoms. The third kappa shape index (κ3) is 3.85. The Balaban J connectivity index is 2.09. The summed E-state index contributed by atoms with van der Waals surface area (Å²) in [5, 5.41) is 3.26. The monoisotopic (exact) mass is 337 g/mol. The molecular formula is C17H24BrNO. The predicted molar refractivity (Wildman–Crippen MR) is 86.8 cm³/mol. The summed E-state index contributed by atoms with van der Waals surface area (Å²) in [6, 6.07) is 7.89. The van der Waals surface area contributed by atoms with E-state index < -0.39 is 0 Å².